The van der Waals surface area contributed by atoms with Crippen LogP contribution in [-0.4, -0.2) is 37.6 Å². The molecule has 0 spiro atoms. The number of methoxy groups -OCH3 is 1. The fraction of sp³-hybridized carbons (Fsp3) is 0.438. The summed E-state index contributed by atoms with van der Waals surface area (Å²) >= 11 is 0. The Bertz CT molecular complexity index is 768. The molecule has 1 aromatic carbocycles. The molecular formula is C16H20N2O4S. The number of sulfonamides is 1. The number of hydrogen-bond acceptors (Lipinski definition) is 5. The molecule has 2 aromatic rings. The van der Waals surface area contributed by atoms with Crippen LogP contribution in [0, 0.1) is 0 Å². The average Bonchev–Trinajstić information content (AvgIpc) is 3.15. The van der Waals surface area contributed by atoms with Gasteiger partial charge in [-0.1, -0.05) is 12.1 Å². The highest BCUT2D eigenvalue weighted by Gasteiger charge is 2.35. The molecule has 23 heavy (non-hydrogen) atoms. The van der Waals surface area contributed by atoms with Crippen LogP contribution in [-0.2, 0) is 16.4 Å². The van der Waals surface area contributed by atoms with Gasteiger partial charge in [0.15, 0.2) is 0 Å². The summed E-state index contributed by atoms with van der Waals surface area (Å²) in [6.45, 7) is 0.527. The third-order valence-corrected chi connectivity index (χ3v) is 5.31. The van der Waals surface area contributed by atoms with E-state index >= 15 is 0 Å². The highest BCUT2D eigenvalue weighted by atomic mass is 32.2. The van der Waals surface area contributed by atoms with Crippen molar-refractivity contribution in [3.8, 4) is 5.75 Å². The second-order valence-electron chi connectivity index (χ2n) is 5.72. The Hall–Kier alpha value is -1.86. The van der Waals surface area contributed by atoms with Crippen LogP contribution in [0.3, 0.4) is 0 Å². The fourth-order valence-corrected chi connectivity index (χ4v) is 4.01. The van der Waals surface area contributed by atoms with E-state index in [1.54, 1.807) is 13.3 Å². The van der Waals surface area contributed by atoms with Crippen molar-refractivity contribution in [2.24, 2.45) is 0 Å². The van der Waals surface area contributed by atoms with E-state index in [4.69, 9.17) is 9.15 Å². The summed E-state index contributed by atoms with van der Waals surface area (Å²) in [5, 5.41) is 0. The fourth-order valence-electron chi connectivity index (χ4n) is 2.89. The first-order valence-corrected chi connectivity index (χ1v) is 9.36. The maximum absolute atomic E-state index is 11.8. The van der Waals surface area contributed by atoms with Gasteiger partial charge < -0.3 is 9.15 Å². The monoisotopic (exact) mass is 336 g/mol. The Morgan fingerprint density at radius 3 is 2.74 bits per heavy atom. The SMILES string of the molecule is COc1ccc(Cc2cnc([C@H]3CCCN3S(C)(=O)=O)o2)cc1. The van der Waals surface area contributed by atoms with E-state index in [0.29, 0.717) is 18.9 Å². The number of nitrogens with zero attached hydrogens (tertiary/aromatic N) is 2. The second-order valence-corrected chi connectivity index (χ2v) is 7.66. The van der Waals surface area contributed by atoms with Crippen LogP contribution in [0.4, 0.5) is 0 Å². The molecule has 0 unspecified atom stereocenters. The molecule has 0 N–H and O–H groups in total. The van der Waals surface area contributed by atoms with E-state index in [1.807, 2.05) is 24.3 Å². The normalized spacial score (nSPS) is 19.1. The minimum Gasteiger partial charge on any atom is -0.497 e. The Labute approximate surface area is 136 Å². The summed E-state index contributed by atoms with van der Waals surface area (Å²) in [5.74, 6) is 2.02. The highest BCUT2D eigenvalue weighted by Crippen LogP contribution is 2.33. The van der Waals surface area contributed by atoms with Gasteiger partial charge >= 0.3 is 0 Å². The summed E-state index contributed by atoms with van der Waals surface area (Å²) < 4.78 is 36.0. The molecule has 1 fully saturated rings. The predicted octanol–water partition coefficient (Wildman–Crippen LogP) is 2.37. The Kier molecular flexibility index (Phi) is 4.41. The molecule has 7 heteroatoms. The van der Waals surface area contributed by atoms with Gasteiger partial charge in [-0.3, -0.25) is 0 Å². The van der Waals surface area contributed by atoms with E-state index in [9.17, 15) is 8.42 Å². The zero-order chi connectivity index (χ0) is 16.4. The van der Waals surface area contributed by atoms with Gasteiger partial charge in [0.05, 0.1) is 19.6 Å². The van der Waals surface area contributed by atoms with Gasteiger partial charge in [-0.15, -0.1) is 0 Å². The summed E-state index contributed by atoms with van der Waals surface area (Å²) in [7, 11) is -1.61. The van der Waals surface area contributed by atoms with Crippen LogP contribution in [0.1, 0.15) is 36.1 Å². The zero-order valence-corrected chi connectivity index (χ0v) is 14.0. The average molecular weight is 336 g/mol. The van der Waals surface area contributed by atoms with Crippen molar-refractivity contribution in [3.05, 3.63) is 47.7 Å². The third-order valence-electron chi connectivity index (χ3n) is 4.02. The number of benzene rings is 1. The first-order chi connectivity index (χ1) is 11.0. The van der Waals surface area contributed by atoms with Crippen molar-refractivity contribution in [1.82, 2.24) is 9.29 Å². The van der Waals surface area contributed by atoms with Crippen LogP contribution in [0.15, 0.2) is 34.9 Å². The van der Waals surface area contributed by atoms with E-state index in [1.165, 1.54) is 10.6 Å². The first-order valence-electron chi connectivity index (χ1n) is 7.52. The van der Waals surface area contributed by atoms with Crippen LogP contribution in [0.2, 0.25) is 0 Å². The standard InChI is InChI=1S/C16H20N2O4S/c1-21-13-7-5-12(6-8-13)10-14-11-17-16(22-14)15-4-3-9-18(15)23(2,19)20/h5-8,11,15H,3-4,9-10H2,1-2H3/t15-/m1/s1. The Morgan fingerprint density at radius 1 is 1.35 bits per heavy atom. The maximum atomic E-state index is 11.8. The van der Waals surface area contributed by atoms with Crippen LogP contribution in [0.25, 0.3) is 0 Å². The van der Waals surface area contributed by atoms with Gasteiger partial charge in [0.2, 0.25) is 15.9 Å². The van der Waals surface area contributed by atoms with E-state index in [2.05, 4.69) is 4.98 Å². The summed E-state index contributed by atoms with van der Waals surface area (Å²) in [6, 6.07) is 7.46. The molecule has 6 nitrogen and oxygen atoms in total. The molecule has 1 saturated heterocycles. The molecule has 124 valence electrons. The van der Waals surface area contributed by atoms with Crippen LogP contribution in [0.5, 0.6) is 5.75 Å². The molecule has 1 aliphatic rings. The molecule has 1 aliphatic heterocycles. The number of hydrogen-bond donors (Lipinski definition) is 0. The molecule has 0 amide bonds. The predicted molar refractivity (Wildman–Crippen MR) is 85.8 cm³/mol. The molecule has 0 aliphatic carbocycles. The van der Waals surface area contributed by atoms with Gasteiger partial charge in [0.1, 0.15) is 17.6 Å². The minimum absolute atomic E-state index is 0.283. The van der Waals surface area contributed by atoms with Gasteiger partial charge in [0, 0.05) is 13.0 Å². The highest BCUT2D eigenvalue weighted by molar-refractivity contribution is 7.88. The number of ether oxygens (including phenoxy) is 1. The van der Waals surface area contributed by atoms with Crippen LogP contribution >= 0.6 is 0 Å². The topological polar surface area (TPSA) is 72.6 Å². The van der Waals surface area contributed by atoms with Gasteiger partial charge in [0.25, 0.3) is 0 Å². The van der Waals surface area contributed by atoms with Crippen molar-refractivity contribution in [2.75, 3.05) is 19.9 Å². The molecule has 0 radical (unpaired) electrons. The lowest BCUT2D eigenvalue weighted by molar-refractivity contribution is 0.323. The molecule has 1 atom stereocenters. The summed E-state index contributed by atoms with van der Waals surface area (Å²) in [5.41, 5.74) is 1.08. The minimum atomic E-state index is -3.24. The van der Waals surface area contributed by atoms with Gasteiger partial charge in [-0.2, -0.15) is 4.31 Å². The van der Waals surface area contributed by atoms with Crippen molar-refractivity contribution < 1.29 is 17.6 Å². The number of aromatic nitrogens is 1. The lowest BCUT2D eigenvalue weighted by Crippen LogP contribution is -2.29. The molecule has 1 aromatic heterocycles. The Balaban J connectivity index is 1.75. The van der Waals surface area contributed by atoms with E-state index in [0.717, 1.165) is 29.9 Å². The number of rotatable bonds is 5. The van der Waals surface area contributed by atoms with E-state index in [-0.39, 0.29) is 6.04 Å². The smallest absolute Gasteiger partial charge is 0.212 e. The van der Waals surface area contributed by atoms with E-state index < -0.39 is 10.0 Å². The molecule has 3 rings (SSSR count). The third kappa shape index (κ3) is 3.56. The molecule has 2 heterocycles. The number of oxazole rings is 1. The first kappa shape index (κ1) is 16.0. The molecule has 0 bridgehead atoms. The maximum Gasteiger partial charge on any atom is 0.212 e. The molecular weight excluding hydrogens is 316 g/mol. The quantitative estimate of drug-likeness (QED) is 0.838. The molecule has 0 saturated carbocycles. The van der Waals surface area contributed by atoms with Crippen molar-refractivity contribution in [1.29, 1.82) is 0 Å². The lowest BCUT2D eigenvalue weighted by atomic mass is 10.1. The second kappa shape index (κ2) is 6.33. The Morgan fingerprint density at radius 2 is 2.09 bits per heavy atom. The van der Waals surface area contributed by atoms with Crippen molar-refractivity contribution in [2.45, 2.75) is 25.3 Å². The lowest BCUT2D eigenvalue weighted by Gasteiger charge is -2.19. The summed E-state index contributed by atoms with van der Waals surface area (Å²) in [4.78, 5) is 4.29. The van der Waals surface area contributed by atoms with Gasteiger partial charge in [-0.05, 0) is 30.5 Å². The zero-order valence-electron chi connectivity index (χ0n) is 13.2. The largest absolute Gasteiger partial charge is 0.497 e. The van der Waals surface area contributed by atoms with Crippen molar-refractivity contribution in [3.63, 3.8) is 0 Å². The van der Waals surface area contributed by atoms with Crippen molar-refractivity contribution >= 4 is 10.0 Å². The van der Waals surface area contributed by atoms with Gasteiger partial charge in [-0.25, -0.2) is 13.4 Å². The summed E-state index contributed by atoms with van der Waals surface area (Å²) in [6.07, 6.45) is 5.09. The van der Waals surface area contributed by atoms with Crippen LogP contribution < -0.4 is 4.74 Å².